The molecule has 0 atom stereocenters. The van der Waals surface area contributed by atoms with E-state index in [1.807, 2.05) is 6.07 Å². The standard InChI is InChI=1S/C15H14FNO3/c1-19-12-7-9-3-5-17-6-4-11(18)14(16)15(17)10(9)8-13(12)20-2/h4,6-8H,3,5H2,1-2H3. The lowest BCUT2D eigenvalue weighted by Crippen LogP contribution is -2.19. The summed E-state index contributed by atoms with van der Waals surface area (Å²) in [6.07, 6.45) is 2.38. The Balaban J connectivity index is 2.31. The van der Waals surface area contributed by atoms with Crippen LogP contribution in [-0.2, 0) is 13.0 Å². The summed E-state index contributed by atoms with van der Waals surface area (Å²) in [7, 11) is 3.09. The number of ether oxygens (including phenoxy) is 2. The quantitative estimate of drug-likeness (QED) is 0.844. The Bertz CT molecular complexity index is 737. The van der Waals surface area contributed by atoms with Crippen LogP contribution < -0.4 is 14.9 Å². The number of methoxy groups -OCH3 is 2. The summed E-state index contributed by atoms with van der Waals surface area (Å²) in [6, 6.07) is 4.82. The van der Waals surface area contributed by atoms with Crippen molar-refractivity contribution in [1.29, 1.82) is 0 Å². The first-order chi connectivity index (χ1) is 9.65. The van der Waals surface area contributed by atoms with Gasteiger partial charge in [0.2, 0.25) is 5.43 Å². The normalized spacial score (nSPS) is 12.6. The SMILES string of the molecule is COc1cc2c(cc1OC)-c1c(F)c(=O)ccn1CC2. The summed E-state index contributed by atoms with van der Waals surface area (Å²) in [6.45, 7) is 0.634. The molecule has 0 saturated heterocycles. The molecule has 1 aliphatic rings. The van der Waals surface area contributed by atoms with E-state index in [0.29, 0.717) is 29.3 Å². The molecule has 0 amide bonds. The minimum Gasteiger partial charge on any atom is -0.493 e. The summed E-state index contributed by atoms with van der Waals surface area (Å²) in [5.74, 6) is 0.412. The summed E-state index contributed by atoms with van der Waals surface area (Å²) in [5.41, 5.74) is 1.36. The molecule has 2 aromatic rings. The van der Waals surface area contributed by atoms with Gasteiger partial charge in [-0.15, -0.1) is 0 Å². The molecule has 0 unspecified atom stereocenters. The number of nitrogens with zero attached hydrogens (tertiary/aromatic N) is 1. The van der Waals surface area contributed by atoms with E-state index >= 15 is 0 Å². The molecule has 0 bridgehead atoms. The van der Waals surface area contributed by atoms with Gasteiger partial charge < -0.3 is 14.0 Å². The van der Waals surface area contributed by atoms with Gasteiger partial charge in [0.1, 0.15) is 0 Å². The monoisotopic (exact) mass is 275 g/mol. The lowest BCUT2D eigenvalue weighted by Gasteiger charge is -2.23. The maximum absolute atomic E-state index is 14.2. The van der Waals surface area contributed by atoms with Crippen LogP contribution in [0, 0.1) is 5.82 Å². The number of fused-ring (bicyclic) bond motifs is 3. The fourth-order valence-electron chi connectivity index (χ4n) is 2.60. The van der Waals surface area contributed by atoms with Gasteiger partial charge in [-0.05, 0) is 24.1 Å². The van der Waals surface area contributed by atoms with Gasteiger partial charge in [0.05, 0.1) is 19.9 Å². The third kappa shape index (κ3) is 1.78. The lowest BCUT2D eigenvalue weighted by molar-refractivity contribution is 0.354. The van der Waals surface area contributed by atoms with Crippen molar-refractivity contribution in [2.24, 2.45) is 0 Å². The first-order valence-corrected chi connectivity index (χ1v) is 6.30. The van der Waals surface area contributed by atoms with Crippen molar-refractivity contribution in [3.8, 4) is 22.8 Å². The average Bonchev–Trinajstić information content (AvgIpc) is 2.48. The van der Waals surface area contributed by atoms with Gasteiger partial charge in [-0.1, -0.05) is 0 Å². The molecule has 104 valence electrons. The molecule has 1 aromatic carbocycles. The fraction of sp³-hybridized carbons (Fsp3) is 0.267. The van der Waals surface area contributed by atoms with Crippen LogP contribution in [-0.4, -0.2) is 18.8 Å². The number of aryl methyl sites for hydroxylation is 2. The van der Waals surface area contributed by atoms with E-state index in [2.05, 4.69) is 0 Å². The molecule has 0 saturated carbocycles. The molecular weight excluding hydrogens is 261 g/mol. The zero-order chi connectivity index (χ0) is 14.3. The van der Waals surface area contributed by atoms with Crippen molar-refractivity contribution < 1.29 is 13.9 Å². The largest absolute Gasteiger partial charge is 0.493 e. The van der Waals surface area contributed by atoms with E-state index in [1.54, 1.807) is 23.9 Å². The maximum atomic E-state index is 14.2. The molecule has 0 aliphatic carbocycles. The van der Waals surface area contributed by atoms with Gasteiger partial charge in [-0.3, -0.25) is 4.79 Å². The van der Waals surface area contributed by atoms with Crippen LogP contribution in [0.2, 0.25) is 0 Å². The molecule has 0 radical (unpaired) electrons. The molecule has 0 fully saturated rings. The average molecular weight is 275 g/mol. The highest BCUT2D eigenvalue weighted by molar-refractivity contribution is 5.70. The lowest BCUT2D eigenvalue weighted by atomic mass is 9.96. The Labute approximate surface area is 115 Å². The van der Waals surface area contributed by atoms with Crippen LogP contribution in [0.4, 0.5) is 4.39 Å². The zero-order valence-electron chi connectivity index (χ0n) is 11.3. The number of pyridine rings is 1. The van der Waals surface area contributed by atoms with Crippen molar-refractivity contribution in [1.82, 2.24) is 4.57 Å². The molecule has 0 spiro atoms. The topological polar surface area (TPSA) is 40.5 Å². The van der Waals surface area contributed by atoms with Gasteiger partial charge >= 0.3 is 0 Å². The summed E-state index contributed by atoms with van der Waals surface area (Å²) in [4.78, 5) is 11.5. The van der Waals surface area contributed by atoms with Crippen molar-refractivity contribution in [3.63, 3.8) is 0 Å². The Hall–Kier alpha value is -2.30. The van der Waals surface area contributed by atoms with Crippen LogP contribution in [0.3, 0.4) is 0 Å². The predicted octanol–water partition coefficient (Wildman–Crippen LogP) is 2.23. The minimum absolute atomic E-state index is 0.319. The van der Waals surface area contributed by atoms with E-state index in [1.165, 1.54) is 13.2 Å². The number of hydrogen-bond donors (Lipinski definition) is 0. The summed E-state index contributed by atoms with van der Waals surface area (Å²) in [5, 5.41) is 0. The third-order valence-electron chi connectivity index (χ3n) is 3.60. The smallest absolute Gasteiger partial charge is 0.217 e. The number of hydrogen-bond acceptors (Lipinski definition) is 3. The van der Waals surface area contributed by atoms with Gasteiger partial charge in [0.15, 0.2) is 17.3 Å². The number of benzene rings is 1. The molecule has 0 N–H and O–H groups in total. The summed E-state index contributed by atoms with van der Waals surface area (Å²) >= 11 is 0. The second-order valence-corrected chi connectivity index (χ2v) is 4.65. The third-order valence-corrected chi connectivity index (χ3v) is 3.60. The predicted molar refractivity (Wildman–Crippen MR) is 72.9 cm³/mol. The van der Waals surface area contributed by atoms with Crippen molar-refractivity contribution >= 4 is 0 Å². The molecule has 5 heteroatoms. The van der Waals surface area contributed by atoms with E-state index in [4.69, 9.17) is 9.47 Å². The second-order valence-electron chi connectivity index (χ2n) is 4.65. The molecule has 3 rings (SSSR count). The van der Waals surface area contributed by atoms with Gasteiger partial charge in [0, 0.05) is 24.4 Å². The number of rotatable bonds is 2. The molecular formula is C15H14FNO3. The zero-order valence-corrected chi connectivity index (χ0v) is 11.3. The molecule has 20 heavy (non-hydrogen) atoms. The molecule has 1 aromatic heterocycles. The van der Waals surface area contributed by atoms with Crippen LogP contribution in [0.15, 0.2) is 29.2 Å². The first-order valence-electron chi connectivity index (χ1n) is 6.30. The van der Waals surface area contributed by atoms with E-state index in [-0.39, 0.29) is 0 Å². The minimum atomic E-state index is -0.722. The number of halogens is 1. The molecule has 2 heterocycles. The van der Waals surface area contributed by atoms with Crippen LogP contribution in [0.25, 0.3) is 11.3 Å². The van der Waals surface area contributed by atoms with Gasteiger partial charge in [0.25, 0.3) is 0 Å². The fourth-order valence-corrected chi connectivity index (χ4v) is 2.60. The highest BCUT2D eigenvalue weighted by atomic mass is 19.1. The van der Waals surface area contributed by atoms with Crippen LogP contribution in [0.5, 0.6) is 11.5 Å². The van der Waals surface area contributed by atoms with Gasteiger partial charge in [-0.25, -0.2) is 4.39 Å². The highest BCUT2D eigenvalue weighted by Crippen LogP contribution is 2.38. The molecule has 4 nitrogen and oxygen atoms in total. The van der Waals surface area contributed by atoms with Crippen molar-refractivity contribution in [3.05, 3.63) is 46.0 Å². The second kappa shape index (κ2) is 4.67. The maximum Gasteiger partial charge on any atom is 0.217 e. The first kappa shape index (κ1) is 12.7. The van der Waals surface area contributed by atoms with E-state index in [9.17, 15) is 9.18 Å². The van der Waals surface area contributed by atoms with Crippen LogP contribution >= 0.6 is 0 Å². The molecule has 1 aliphatic heterocycles. The van der Waals surface area contributed by atoms with Crippen molar-refractivity contribution in [2.75, 3.05) is 14.2 Å². The summed E-state index contributed by atoms with van der Waals surface area (Å²) < 4.78 is 26.4. The Kier molecular flexibility index (Phi) is 2.97. The van der Waals surface area contributed by atoms with Gasteiger partial charge in [-0.2, -0.15) is 0 Å². The highest BCUT2D eigenvalue weighted by Gasteiger charge is 2.23. The Morgan fingerprint density at radius 3 is 2.60 bits per heavy atom. The number of aromatic nitrogens is 1. The Morgan fingerprint density at radius 1 is 1.20 bits per heavy atom. The Morgan fingerprint density at radius 2 is 1.90 bits per heavy atom. The van der Waals surface area contributed by atoms with Crippen molar-refractivity contribution in [2.45, 2.75) is 13.0 Å². The van der Waals surface area contributed by atoms with E-state index in [0.717, 1.165) is 12.0 Å². The van der Waals surface area contributed by atoms with E-state index < -0.39 is 11.2 Å². The van der Waals surface area contributed by atoms with Crippen LogP contribution in [0.1, 0.15) is 5.56 Å².